The fourth-order valence-corrected chi connectivity index (χ4v) is 10.0. The first-order valence-electron chi connectivity index (χ1n) is 22.6. The maximum atomic E-state index is 15.4. The van der Waals surface area contributed by atoms with Gasteiger partial charge in [0.05, 0.1) is 5.39 Å². The first-order chi connectivity index (χ1) is 37.6. The fourth-order valence-electron chi connectivity index (χ4n) is 10.0. The van der Waals surface area contributed by atoms with Crippen LogP contribution in [-0.2, 0) is 6.54 Å². The third-order valence-electron chi connectivity index (χ3n) is 13.5. The van der Waals surface area contributed by atoms with Crippen LogP contribution in [0.2, 0.25) is 0 Å². The van der Waals surface area contributed by atoms with E-state index in [0.717, 1.165) is 28.9 Å². The van der Waals surface area contributed by atoms with Crippen molar-refractivity contribution in [3.8, 4) is 11.6 Å². The molecule has 10 aromatic carbocycles. The van der Waals surface area contributed by atoms with Crippen LogP contribution >= 0.6 is 0 Å². The Morgan fingerprint density at radius 3 is 1.06 bits per heavy atom. The number of halogens is 20. The lowest BCUT2D eigenvalue weighted by molar-refractivity contribution is -0.690. The van der Waals surface area contributed by atoms with Crippen LogP contribution in [0.15, 0.2) is 121 Å². The second-order valence-corrected chi connectivity index (χ2v) is 17.6. The zero-order valence-corrected chi connectivity index (χ0v) is 38.7. The van der Waals surface area contributed by atoms with Crippen LogP contribution < -0.4 is 31.2 Å². The Balaban J connectivity index is 0.000000184. The van der Waals surface area contributed by atoms with Crippen molar-refractivity contribution in [2.45, 2.75) is 6.54 Å². The predicted molar refractivity (Wildman–Crippen MR) is 249 cm³/mol. The molecule has 1 aromatic heterocycles. The number of fused-ring (bicyclic) bond motifs is 1. The van der Waals surface area contributed by atoms with E-state index >= 15 is 35.1 Å². The van der Waals surface area contributed by atoms with Gasteiger partial charge in [0.2, 0.25) is 0 Å². The first kappa shape index (κ1) is 53.5. The summed E-state index contributed by atoms with van der Waals surface area (Å²) in [7, 11) is 0. The van der Waals surface area contributed by atoms with Crippen molar-refractivity contribution >= 4 is 71.1 Å². The van der Waals surface area contributed by atoms with Crippen molar-refractivity contribution < 1.29 is 97.1 Å². The molecule has 400 valence electrons. The molecule has 2 nitrogen and oxygen atoms in total. The standard InChI is InChI=1S/C32H22NO.C24BF20/c1-2-7-22(8-3-1)21-33-20-19-23-9-4-5-12-27(23)32(33)34-29-18-16-26-14-13-24-10-6-11-25-15-17-28(29)31(26)30(24)25;26-5-1(6(27)14(35)21(42)13(5)34)25(2-7(28)15(36)22(43)16(37)8(2)29,3-9(30)17(38)23(44)18(39)10(3)31)4-11(32)19(40)24(45)20(41)12(4)33/h1-20H,21H2;/q+1;-1. The third-order valence-corrected chi connectivity index (χ3v) is 13.5. The van der Waals surface area contributed by atoms with Gasteiger partial charge in [-0.2, -0.15) is 4.57 Å². The zero-order chi connectivity index (χ0) is 56.8. The molecule has 0 saturated carbocycles. The molecule has 1 heterocycles. The number of benzene rings is 10. The van der Waals surface area contributed by atoms with E-state index in [9.17, 15) is 52.7 Å². The first-order valence-corrected chi connectivity index (χ1v) is 22.6. The van der Waals surface area contributed by atoms with Gasteiger partial charge in [0.15, 0.2) is 82.5 Å². The molecule has 0 aliphatic rings. The summed E-state index contributed by atoms with van der Waals surface area (Å²) in [5, 5.41) is 9.74. The van der Waals surface area contributed by atoms with Gasteiger partial charge in [-0.15, -0.1) is 21.9 Å². The number of rotatable bonds is 8. The molecule has 11 rings (SSSR count). The van der Waals surface area contributed by atoms with Crippen molar-refractivity contribution in [2.75, 3.05) is 0 Å². The van der Waals surface area contributed by atoms with Crippen molar-refractivity contribution in [1.29, 1.82) is 0 Å². The minimum atomic E-state index is -7.22. The van der Waals surface area contributed by atoms with Crippen molar-refractivity contribution in [3.05, 3.63) is 243 Å². The van der Waals surface area contributed by atoms with Crippen molar-refractivity contribution in [2.24, 2.45) is 0 Å². The van der Waals surface area contributed by atoms with Crippen LogP contribution in [0.4, 0.5) is 87.8 Å². The molecule has 0 bridgehead atoms. The molecule has 0 aliphatic heterocycles. The molecule has 23 heteroatoms. The molecule has 0 fully saturated rings. The van der Waals surface area contributed by atoms with Gasteiger partial charge in [0.25, 0.3) is 0 Å². The summed E-state index contributed by atoms with van der Waals surface area (Å²) in [5.74, 6) is -69.7. The molecule has 0 saturated heterocycles. The molecule has 0 N–H and O–H groups in total. The fraction of sp³-hybridized carbons (Fsp3) is 0.0179. The largest absolute Gasteiger partial charge is 0.404 e. The summed E-state index contributed by atoms with van der Waals surface area (Å²) in [6, 6.07) is 40.7. The highest BCUT2D eigenvalue weighted by atomic mass is 19.2. The van der Waals surface area contributed by atoms with Crippen LogP contribution in [0.1, 0.15) is 5.56 Å². The second kappa shape index (κ2) is 19.8. The lowest BCUT2D eigenvalue weighted by atomic mass is 9.12. The van der Waals surface area contributed by atoms with Gasteiger partial charge < -0.3 is 4.74 Å². The zero-order valence-electron chi connectivity index (χ0n) is 38.7. The molecular weight excluding hydrogens is 1090 g/mol. The predicted octanol–water partition coefficient (Wildman–Crippen LogP) is 13.7. The monoisotopic (exact) mass is 1120 g/mol. The SMILES string of the molecule is Fc1c(F)c(F)c([B-](c2c(F)c(F)c(F)c(F)c2F)(c2c(F)c(F)c(F)c(F)c2F)c2c(F)c(F)c(F)c(F)c2F)c(F)c1F.c1ccc(C[n+]2ccc3ccccc3c2Oc2ccc3ccc4cccc5ccc2c3c45)cc1. The lowest BCUT2D eigenvalue weighted by Gasteiger charge is -2.44. The molecule has 0 amide bonds. The van der Waals surface area contributed by atoms with Gasteiger partial charge in [0.1, 0.15) is 58.4 Å². The maximum Gasteiger partial charge on any atom is 0.381 e. The van der Waals surface area contributed by atoms with E-state index in [2.05, 4.69) is 126 Å². The Morgan fingerprint density at radius 2 is 0.633 bits per heavy atom. The van der Waals surface area contributed by atoms with E-state index in [1.807, 2.05) is 0 Å². The van der Waals surface area contributed by atoms with Crippen LogP contribution in [0.25, 0.3) is 43.1 Å². The molecule has 0 spiro atoms. The number of nitrogens with zero attached hydrogens (tertiary/aromatic N) is 1. The van der Waals surface area contributed by atoms with E-state index in [4.69, 9.17) is 4.74 Å². The minimum absolute atomic E-state index is 0.743. The van der Waals surface area contributed by atoms with E-state index in [-0.39, 0.29) is 0 Å². The third kappa shape index (κ3) is 8.09. The number of hydrogen-bond donors (Lipinski definition) is 0. The van der Waals surface area contributed by atoms with E-state index < -0.39 is 144 Å². The summed E-state index contributed by atoms with van der Waals surface area (Å²) in [6.45, 7) is 0.743. The van der Waals surface area contributed by atoms with Gasteiger partial charge in [-0.1, -0.05) is 91.0 Å². The number of aromatic nitrogens is 1. The summed E-state index contributed by atoms with van der Waals surface area (Å²) in [5.41, 5.74) is -13.1. The molecule has 0 unspecified atom stereocenters. The highest BCUT2D eigenvalue weighted by Crippen LogP contribution is 2.41. The number of ether oxygens (including phenoxy) is 1. The average molecular weight is 1120 g/mol. The van der Waals surface area contributed by atoms with Crippen LogP contribution in [-0.4, -0.2) is 6.15 Å². The van der Waals surface area contributed by atoms with Crippen LogP contribution in [0.5, 0.6) is 11.6 Å². The van der Waals surface area contributed by atoms with Gasteiger partial charge in [-0.3, -0.25) is 0 Å². The number of pyridine rings is 1. The molecule has 79 heavy (non-hydrogen) atoms. The summed E-state index contributed by atoms with van der Waals surface area (Å²) < 4.78 is 303. The maximum absolute atomic E-state index is 15.4. The van der Waals surface area contributed by atoms with E-state index in [1.54, 1.807) is 0 Å². The quantitative estimate of drug-likeness (QED) is 0.0369. The highest BCUT2D eigenvalue weighted by Gasteiger charge is 2.52. The Labute approximate surface area is 428 Å². The average Bonchev–Trinajstić information content (AvgIpc) is 2.27. The highest BCUT2D eigenvalue weighted by molar-refractivity contribution is 7.20. The van der Waals surface area contributed by atoms with Gasteiger partial charge in [0, 0.05) is 22.4 Å². The topological polar surface area (TPSA) is 13.1 Å². The van der Waals surface area contributed by atoms with Crippen molar-refractivity contribution in [3.63, 3.8) is 0 Å². The van der Waals surface area contributed by atoms with Crippen molar-refractivity contribution in [1.82, 2.24) is 0 Å². The molecule has 0 atom stereocenters. The Hall–Kier alpha value is -8.89. The van der Waals surface area contributed by atoms with Crippen LogP contribution in [0, 0.1) is 116 Å². The molecule has 11 aromatic rings. The van der Waals surface area contributed by atoms with E-state index in [1.165, 1.54) is 37.9 Å². The Bertz CT molecular complexity index is 3930. The normalized spacial score (nSPS) is 11.8. The lowest BCUT2D eigenvalue weighted by Crippen LogP contribution is -2.81. The van der Waals surface area contributed by atoms with Crippen LogP contribution in [0.3, 0.4) is 0 Å². The minimum Gasteiger partial charge on any atom is -0.404 e. The smallest absolute Gasteiger partial charge is 0.381 e. The number of hydrogen-bond acceptors (Lipinski definition) is 1. The second-order valence-electron chi connectivity index (χ2n) is 17.6. The molecule has 0 radical (unpaired) electrons. The summed E-state index contributed by atoms with van der Waals surface area (Å²) in [6.07, 6.45) is -5.09. The van der Waals surface area contributed by atoms with Gasteiger partial charge >= 0.3 is 5.88 Å². The molecular formula is C56H22BF20NO. The van der Waals surface area contributed by atoms with Gasteiger partial charge in [-0.25, -0.2) is 87.8 Å². The molecule has 0 aliphatic carbocycles. The summed E-state index contributed by atoms with van der Waals surface area (Å²) in [4.78, 5) is 0. The van der Waals surface area contributed by atoms with Gasteiger partial charge in [-0.05, 0) is 45.1 Å². The van der Waals surface area contributed by atoms with E-state index in [0.29, 0.717) is 0 Å². The Morgan fingerprint density at radius 1 is 0.291 bits per heavy atom. The Kier molecular flexibility index (Phi) is 13.4. The summed E-state index contributed by atoms with van der Waals surface area (Å²) >= 11 is 0.